The van der Waals surface area contributed by atoms with Gasteiger partial charge >= 0.3 is 0 Å². The lowest BCUT2D eigenvalue weighted by atomic mass is 10.2. The van der Waals surface area contributed by atoms with Crippen LogP contribution in [0.25, 0.3) is 0 Å². The maximum absolute atomic E-state index is 13.7. The van der Waals surface area contributed by atoms with E-state index in [1.807, 2.05) is 11.0 Å². The van der Waals surface area contributed by atoms with Crippen LogP contribution in [0, 0.1) is 17.1 Å². The van der Waals surface area contributed by atoms with Crippen molar-refractivity contribution < 1.29 is 9.13 Å². The minimum Gasteiger partial charge on any atom is -0.380 e. The fourth-order valence-corrected chi connectivity index (χ4v) is 1.82. The van der Waals surface area contributed by atoms with E-state index in [9.17, 15) is 4.39 Å². The quantitative estimate of drug-likeness (QED) is 0.725. The van der Waals surface area contributed by atoms with Crippen LogP contribution in [-0.2, 0) is 4.74 Å². The molecule has 0 N–H and O–H groups in total. The summed E-state index contributed by atoms with van der Waals surface area (Å²) in [4.78, 5) is 1.96. The summed E-state index contributed by atoms with van der Waals surface area (Å²) < 4.78 is 19.0. The molecule has 1 aliphatic rings. The van der Waals surface area contributed by atoms with Gasteiger partial charge in [0.25, 0.3) is 0 Å². The Morgan fingerprint density at radius 1 is 1.31 bits per heavy atom. The maximum Gasteiger partial charge on any atom is 0.147 e. The Hall–Kier alpha value is -1.60. The first-order chi connectivity index (χ1) is 7.81. The van der Waals surface area contributed by atoms with E-state index in [1.165, 1.54) is 6.07 Å². The monoisotopic (exact) mass is 220 g/mol. The fraction of sp³-hybridized carbons (Fsp3) is 0.417. The molecule has 1 aromatic rings. The Balaban J connectivity index is 2.22. The van der Waals surface area contributed by atoms with Crippen molar-refractivity contribution in [1.29, 1.82) is 5.26 Å². The van der Waals surface area contributed by atoms with E-state index >= 15 is 0 Å². The minimum absolute atomic E-state index is 0.332. The van der Waals surface area contributed by atoms with Crippen LogP contribution in [0.1, 0.15) is 12.0 Å². The number of ether oxygens (including phenoxy) is 1. The van der Waals surface area contributed by atoms with Crippen LogP contribution in [0.3, 0.4) is 0 Å². The number of benzene rings is 1. The fourth-order valence-electron chi connectivity index (χ4n) is 1.82. The first kappa shape index (κ1) is 10.9. The molecule has 4 heteroatoms. The average Bonchev–Trinajstić information content (AvgIpc) is 2.57. The molecule has 0 amide bonds. The maximum atomic E-state index is 13.7. The topological polar surface area (TPSA) is 36.3 Å². The predicted molar refractivity (Wildman–Crippen MR) is 58.8 cm³/mol. The Morgan fingerprint density at radius 3 is 2.94 bits per heavy atom. The smallest absolute Gasteiger partial charge is 0.147 e. The van der Waals surface area contributed by atoms with Crippen LogP contribution in [-0.4, -0.2) is 26.3 Å². The summed E-state index contributed by atoms with van der Waals surface area (Å²) >= 11 is 0. The molecule has 1 fully saturated rings. The number of hydrogen-bond acceptors (Lipinski definition) is 3. The Labute approximate surface area is 94.0 Å². The number of rotatable bonds is 1. The standard InChI is InChI=1S/C12H13FN2O/c13-11-8-10(9-14)2-3-12(11)15-4-1-6-16-7-5-15/h2-3,8H,1,4-7H2. The van der Waals surface area contributed by atoms with Gasteiger partial charge in [-0.05, 0) is 24.6 Å². The summed E-state index contributed by atoms with van der Waals surface area (Å²) in [6.45, 7) is 2.85. The summed E-state index contributed by atoms with van der Waals surface area (Å²) in [7, 11) is 0. The lowest BCUT2D eigenvalue weighted by molar-refractivity contribution is 0.152. The molecule has 84 valence electrons. The van der Waals surface area contributed by atoms with Crippen molar-refractivity contribution in [2.45, 2.75) is 6.42 Å². The van der Waals surface area contributed by atoms with Gasteiger partial charge in [0.05, 0.1) is 23.9 Å². The number of halogens is 1. The Morgan fingerprint density at radius 2 is 2.19 bits per heavy atom. The van der Waals surface area contributed by atoms with E-state index in [-0.39, 0.29) is 5.82 Å². The molecule has 1 saturated heterocycles. The van der Waals surface area contributed by atoms with E-state index < -0.39 is 0 Å². The van der Waals surface area contributed by atoms with E-state index in [0.717, 1.165) is 19.6 Å². The van der Waals surface area contributed by atoms with Crippen LogP contribution in [0.2, 0.25) is 0 Å². The number of nitriles is 1. The van der Waals surface area contributed by atoms with Crippen LogP contribution in [0.15, 0.2) is 18.2 Å². The van der Waals surface area contributed by atoms with Crippen LogP contribution in [0.4, 0.5) is 10.1 Å². The first-order valence-electron chi connectivity index (χ1n) is 5.33. The first-order valence-corrected chi connectivity index (χ1v) is 5.33. The van der Waals surface area contributed by atoms with E-state index in [0.29, 0.717) is 24.4 Å². The zero-order chi connectivity index (χ0) is 11.4. The third-order valence-corrected chi connectivity index (χ3v) is 2.64. The molecule has 0 saturated carbocycles. The van der Waals surface area contributed by atoms with Gasteiger partial charge in [0.2, 0.25) is 0 Å². The van der Waals surface area contributed by atoms with Gasteiger partial charge < -0.3 is 9.64 Å². The summed E-state index contributed by atoms with van der Waals surface area (Å²) in [5, 5.41) is 8.66. The predicted octanol–water partition coefficient (Wildman–Crippen LogP) is 1.92. The highest BCUT2D eigenvalue weighted by atomic mass is 19.1. The van der Waals surface area contributed by atoms with Gasteiger partial charge in [-0.3, -0.25) is 0 Å². The zero-order valence-corrected chi connectivity index (χ0v) is 8.95. The summed E-state index contributed by atoms with van der Waals surface area (Å²) in [6.07, 6.45) is 0.902. The molecule has 2 rings (SSSR count). The van der Waals surface area contributed by atoms with Gasteiger partial charge in [0.1, 0.15) is 5.82 Å². The summed E-state index contributed by atoms with van der Waals surface area (Å²) in [5.74, 6) is -0.332. The molecule has 0 atom stereocenters. The second kappa shape index (κ2) is 4.95. The highest BCUT2D eigenvalue weighted by Crippen LogP contribution is 2.21. The summed E-state index contributed by atoms with van der Waals surface area (Å²) in [6, 6.07) is 6.51. The molecule has 0 spiro atoms. The molecule has 0 unspecified atom stereocenters. The Kier molecular flexibility index (Phi) is 3.37. The van der Waals surface area contributed by atoms with Gasteiger partial charge in [-0.15, -0.1) is 0 Å². The molecule has 0 radical (unpaired) electrons. The molecule has 1 aliphatic heterocycles. The summed E-state index contributed by atoms with van der Waals surface area (Å²) in [5.41, 5.74) is 0.914. The van der Waals surface area contributed by atoms with Gasteiger partial charge in [0.15, 0.2) is 0 Å². The van der Waals surface area contributed by atoms with Gasteiger partial charge in [-0.25, -0.2) is 4.39 Å². The molecular formula is C12H13FN2O. The third-order valence-electron chi connectivity index (χ3n) is 2.64. The molecule has 1 heterocycles. The lowest BCUT2D eigenvalue weighted by Crippen LogP contribution is -2.26. The number of nitrogens with zero attached hydrogens (tertiary/aromatic N) is 2. The van der Waals surface area contributed by atoms with Crippen molar-refractivity contribution in [3.05, 3.63) is 29.6 Å². The largest absolute Gasteiger partial charge is 0.380 e. The van der Waals surface area contributed by atoms with Crippen molar-refractivity contribution in [2.24, 2.45) is 0 Å². The lowest BCUT2D eigenvalue weighted by Gasteiger charge is -2.22. The SMILES string of the molecule is N#Cc1ccc(N2CCCOCC2)c(F)c1. The van der Waals surface area contributed by atoms with Crippen molar-refractivity contribution in [3.63, 3.8) is 0 Å². The van der Waals surface area contributed by atoms with Gasteiger partial charge in [-0.2, -0.15) is 5.26 Å². The number of hydrogen-bond donors (Lipinski definition) is 0. The number of anilines is 1. The highest BCUT2D eigenvalue weighted by Gasteiger charge is 2.14. The molecule has 0 aromatic heterocycles. The average molecular weight is 220 g/mol. The molecule has 0 aliphatic carbocycles. The van der Waals surface area contributed by atoms with Crippen molar-refractivity contribution in [1.82, 2.24) is 0 Å². The molecule has 0 bridgehead atoms. The Bertz CT molecular complexity index is 406. The highest BCUT2D eigenvalue weighted by molar-refractivity contribution is 5.51. The van der Waals surface area contributed by atoms with Crippen molar-refractivity contribution in [2.75, 3.05) is 31.2 Å². The van der Waals surface area contributed by atoms with Crippen molar-refractivity contribution in [3.8, 4) is 6.07 Å². The van der Waals surface area contributed by atoms with E-state index in [1.54, 1.807) is 12.1 Å². The van der Waals surface area contributed by atoms with Crippen LogP contribution < -0.4 is 4.90 Å². The zero-order valence-electron chi connectivity index (χ0n) is 8.95. The minimum atomic E-state index is -0.332. The van der Waals surface area contributed by atoms with E-state index in [2.05, 4.69) is 0 Å². The van der Waals surface area contributed by atoms with E-state index in [4.69, 9.17) is 10.00 Å². The van der Waals surface area contributed by atoms with Crippen molar-refractivity contribution >= 4 is 5.69 Å². The third kappa shape index (κ3) is 2.31. The normalized spacial score (nSPS) is 16.6. The molecule has 3 nitrogen and oxygen atoms in total. The molecule has 16 heavy (non-hydrogen) atoms. The molecule has 1 aromatic carbocycles. The van der Waals surface area contributed by atoms with Crippen LogP contribution in [0.5, 0.6) is 0 Å². The molecular weight excluding hydrogens is 207 g/mol. The second-order valence-electron chi connectivity index (χ2n) is 3.73. The van der Waals surface area contributed by atoms with Gasteiger partial charge in [-0.1, -0.05) is 0 Å². The van der Waals surface area contributed by atoms with Crippen LogP contribution >= 0.6 is 0 Å². The van der Waals surface area contributed by atoms with Gasteiger partial charge in [0, 0.05) is 19.7 Å². The second-order valence-corrected chi connectivity index (χ2v) is 3.73.